The lowest BCUT2D eigenvalue weighted by Gasteiger charge is -1.99. The van der Waals surface area contributed by atoms with Crippen molar-refractivity contribution in [1.82, 2.24) is 9.97 Å². The molecule has 62 valence electrons. The molecule has 0 aliphatic rings. The molecular weight excluding hydrogens is 170 g/mol. The minimum Gasteiger partial charge on any atom is -0.372 e. The van der Waals surface area contributed by atoms with E-state index < -0.39 is 0 Å². The monoisotopic (exact) mass is 179 g/mol. The third kappa shape index (κ3) is 0.956. The fourth-order valence-corrected chi connectivity index (χ4v) is 2.10. The molecule has 2 rings (SSSR count). The van der Waals surface area contributed by atoms with Gasteiger partial charge in [0.1, 0.15) is 17.0 Å². The molecule has 0 unspecified atom stereocenters. The van der Waals surface area contributed by atoms with E-state index in [1.807, 2.05) is 7.05 Å². The van der Waals surface area contributed by atoms with Crippen LogP contribution in [0.4, 0.5) is 5.82 Å². The number of rotatable bonds is 1. The van der Waals surface area contributed by atoms with Crippen molar-refractivity contribution in [2.75, 3.05) is 12.4 Å². The summed E-state index contributed by atoms with van der Waals surface area (Å²) in [5.41, 5.74) is 1.24. The quantitative estimate of drug-likeness (QED) is 0.728. The van der Waals surface area contributed by atoms with Gasteiger partial charge in [-0.25, -0.2) is 9.97 Å². The Morgan fingerprint density at radius 2 is 2.25 bits per heavy atom. The molecule has 3 nitrogen and oxygen atoms in total. The number of aromatic nitrogens is 2. The predicted octanol–water partition coefficient (Wildman–Crippen LogP) is 2.04. The molecule has 12 heavy (non-hydrogen) atoms. The number of hydrogen-bond donors (Lipinski definition) is 1. The Balaban J connectivity index is 2.84. The highest BCUT2D eigenvalue weighted by molar-refractivity contribution is 7.17. The van der Waals surface area contributed by atoms with E-state index in [9.17, 15) is 0 Å². The Hall–Kier alpha value is -1.16. The number of fused-ring (bicyclic) bond motifs is 1. The normalized spacial score (nSPS) is 10.5. The zero-order chi connectivity index (χ0) is 8.55. The summed E-state index contributed by atoms with van der Waals surface area (Å²) in [7, 11) is 1.87. The highest BCUT2D eigenvalue weighted by Gasteiger charge is 2.05. The van der Waals surface area contributed by atoms with Crippen LogP contribution < -0.4 is 5.32 Å². The number of nitrogens with one attached hydrogen (secondary N) is 1. The van der Waals surface area contributed by atoms with Gasteiger partial charge in [-0.2, -0.15) is 0 Å². The van der Waals surface area contributed by atoms with Gasteiger partial charge < -0.3 is 5.32 Å². The number of hydrogen-bond acceptors (Lipinski definition) is 4. The largest absolute Gasteiger partial charge is 0.372 e. The third-order valence-electron chi connectivity index (χ3n) is 1.79. The van der Waals surface area contributed by atoms with Crippen LogP contribution in [0.3, 0.4) is 0 Å². The van der Waals surface area contributed by atoms with E-state index in [0.29, 0.717) is 0 Å². The predicted molar refractivity (Wildman–Crippen MR) is 51.7 cm³/mol. The first-order valence-electron chi connectivity index (χ1n) is 3.69. The molecule has 0 radical (unpaired) electrons. The lowest BCUT2D eigenvalue weighted by Crippen LogP contribution is -1.93. The Bertz CT molecular complexity index is 408. The topological polar surface area (TPSA) is 37.8 Å². The van der Waals surface area contributed by atoms with Gasteiger partial charge in [-0.05, 0) is 17.9 Å². The van der Waals surface area contributed by atoms with Crippen LogP contribution in [-0.2, 0) is 0 Å². The molecule has 2 aromatic heterocycles. The second-order valence-corrected chi connectivity index (χ2v) is 3.43. The zero-order valence-electron chi connectivity index (χ0n) is 6.96. The highest BCUT2D eigenvalue weighted by Crippen LogP contribution is 2.27. The molecule has 0 aliphatic carbocycles. The lowest BCUT2D eigenvalue weighted by atomic mass is 10.2. The molecule has 0 atom stereocenters. The van der Waals surface area contributed by atoms with Gasteiger partial charge in [0.05, 0.1) is 5.39 Å². The van der Waals surface area contributed by atoms with Crippen molar-refractivity contribution in [2.45, 2.75) is 6.92 Å². The van der Waals surface area contributed by atoms with Crippen molar-refractivity contribution in [1.29, 1.82) is 0 Å². The van der Waals surface area contributed by atoms with Crippen molar-refractivity contribution in [3.05, 3.63) is 17.3 Å². The van der Waals surface area contributed by atoms with Crippen molar-refractivity contribution < 1.29 is 0 Å². The summed E-state index contributed by atoms with van der Waals surface area (Å²) < 4.78 is 0. The van der Waals surface area contributed by atoms with E-state index in [1.54, 1.807) is 17.7 Å². The third-order valence-corrected chi connectivity index (χ3v) is 2.80. The number of thiophene rings is 1. The summed E-state index contributed by atoms with van der Waals surface area (Å²) in [4.78, 5) is 9.37. The maximum Gasteiger partial charge on any atom is 0.138 e. The molecule has 0 spiro atoms. The lowest BCUT2D eigenvalue weighted by molar-refractivity contribution is 1.22. The molecular formula is C8H9N3S. The van der Waals surface area contributed by atoms with E-state index in [1.165, 1.54) is 5.56 Å². The molecule has 4 heteroatoms. The number of nitrogens with zero attached hydrogens (tertiary/aromatic N) is 2. The van der Waals surface area contributed by atoms with Crippen LogP contribution in [0.5, 0.6) is 0 Å². The van der Waals surface area contributed by atoms with Gasteiger partial charge in [-0.3, -0.25) is 0 Å². The first kappa shape index (κ1) is 7.49. The second kappa shape index (κ2) is 2.71. The Kier molecular flexibility index (Phi) is 1.69. The van der Waals surface area contributed by atoms with Gasteiger partial charge in [0.2, 0.25) is 0 Å². The summed E-state index contributed by atoms with van der Waals surface area (Å²) >= 11 is 1.65. The summed E-state index contributed by atoms with van der Waals surface area (Å²) in [5, 5.41) is 6.29. The van der Waals surface area contributed by atoms with Gasteiger partial charge in [-0.1, -0.05) is 0 Å². The molecule has 2 aromatic rings. The van der Waals surface area contributed by atoms with Crippen LogP contribution in [-0.4, -0.2) is 17.0 Å². The van der Waals surface area contributed by atoms with Gasteiger partial charge >= 0.3 is 0 Å². The standard InChI is InChI=1S/C8H9N3S/c1-5-3-12-8-6(5)7(9-2)10-4-11-8/h3-4H,1-2H3,(H,9,10,11). The molecule has 0 fully saturated rings. The van der Waals surface area contributed by atoms with E-state index in [-0.39, 0.29) is 0 Å². The minimum atomic E-state index is 0.916. The Morgan fingerprint density at radius 1 is 1.42 bits per heavy atom. The summed E-state index contributed by atoms with van der Waals surface area (Å²) in [6, 6.07) is 0. The van der Waals surface area contributed by atoms with Crippen molar-refractivity contribution >= 4 is 27.4 Å². The molecule has 0 saturated heterocycles. The van der Waals surface area contributed by atoms with Crippen LogP contribution in [0.15, 0.2) is 11.7 Å². The summed E-state index contributed by atoms with van der Waals surface area (Å²) in [6.45, 7) is 2.07. The van der Waals surface area contributed by atoms with Crippen LogP contribution in [0.1, 0.15) is 5.56 Å². The Morgan fingerprint density at radius 3 is 3.00 bits per heavy atom. The number of anilines is 1. The van der Waals surface area contributed by atoms with Crippen molar-refractivity contribution in [2.24, 2.45) is 0 Å². The van der Waals surface area contributed by atoms with E-state index in [2.05, 4.69) is 27.6 Å². The minimum absolute atomic E-state index is 0.916. The molecule has 0 saturated carbocycles. The Labute approximate surface area is 74.5 Å². The average Bonchev–Trinajstić information content (AvgIpc) is 2.48. The molecule has 1 N–H and O–H groups in total. The zero-order valence-corrected chi connectivity index (χ0v) is 7.77. The maximum atomic E-state index is 4.18. The van der Waals surface area contributed by atoms with Crippen molar-refractivity contribution in [3.8, 4) is 0 Å². The first-order chi connectivity index (χ1) is 5.83. The molecule has 0 aromatic carbocycles. The molecule has 0 bridgehead atoms. The van der Waals surface area contributed by atoms with Gasteiger partial charge in [0.15, 0.2) is 0 Å². The maximum absolute atomic E-state index is 4.18. The smallest absolute Gasteiger partial charge is 0.138 e. The van der Waals surface area contributed by atoms with Crippen LogP contribution in [0.2, 0.25) is 0 Å². The van der Waals surface area contributed by atoms with Crippen LogP contribution in [0, 0.1) is 6.92 Å². The summed E-state index contributed by atoms with van der Waals surface area (Å²) in [6.07, 6.45) is 1.59. The second-order valence-electron chi connectivity index (χ2n) is 2.57. The van der Waals surface area contributed by atoms with Crippen LogP contribution >= 0.6 is 11.3 Å². The fraction of sp³-hybridized carbons (Fsp3) is 0.250. The van der Waals surface area contributed by atoms with Gasteiger partial charge in [-0.15, -0.1) is 11.3 Å². The molecule has 0 aliphatic heterocycles. The summed E-state index contributed by atoms with van der Waals surface area (Å²) in [5.74, 6) is 0.916. The highest BCUT2D eigenvalue weighted by atomic mass is 32.1. The van der Waals surface area contributed by atoms with E-state index in [4.69, 9.17) is 0 Å². The van der Waals surface area contributed by atoms with E-state index in [0.717, 1.165) is 16.0 Å². The van der Waals surface area contributed by atoms with E-state index >= 15 is 0 Å². The number of aryl methyl sites for hydroxylation is 1. The molecule has 0 amide bonds. The molecule has 2 heterocycles. The average molecular weight is 179 g/mol. The van der Waals surface area contributed by atoms with Crippen LogP contribution in [0.25, 0.3) is 10.2 Å². The van der Waals surface area contributed by atoms with Crippen molar-refractivity contribution in [3.63, 3.8) is 0 Å². The first-order valence-corrected chi connectivity index (χ1v) is 4.57. The van der Waals surface area contributed by atoms with Gasteiger partial charge in [0, 0.05) is 7.05 Å². The van der Waals surface area contributed by atoms with Gasteiger partial charge in [0.25, 0.3) is 0 Å². The fourth-order valence-electron chi connectivity index (χ4n) is 1.21. The SMILES string of the molecule is CNc1ncnc2scc(C)c12.